The van der Waals surface area contributed by atoms with Gasteiger partial charge in [0.05, 0.1) is 12.7 Å². The molecule has 1 N–H and O–H groups in total. The van der Waals surface area contributed by atoms with Gasteiger partial charge >= 0.3 is 6.16 Å². The average Bonchev–Trinajstić information content (AvgIpc) is 1.97. The number of aliphatic hydroxyl groups excluding tert-OH is 1. The second-order valence-electron chi connectivity index (χ2n) is 2.38. The standard InChI is InChI=1S/C8H14O4/c1-7(2)12-8(10)11-6-4-3-5-9/h3-4,7,9H,5-6H2,1-2H3/b4-3+. The molecule has 4 nitrogen and oxygen atoms in total. The van der Waals surface area contributed by atoms with Crippen molar-refractivity contribution in [1.29, 1.82) is 0 Å². The highest BCUT2D eigenvalue weighted by molar-refractivity contribution is 5.60. The van der Waals surface area contributed by atoms with E-state index in [1.165, 1.54) is 6.08 Å². The van der Waals surface area contributed by atoms with Crippen molar-refractivity contribution in [3.05, 3.63) is 12.2 Å². The van der Waals surface area contributed by atoms with E-state index < -0.39 is 6.16 Å². The third kappa shape index (κ3) is 7.08. The molecule has 0 heterocycles. The zero-order chi connectivity index (χ0) is 9.40. The Balaban J connectivity index is 3.38. The molecule has 0 amide bonds. The fourth-order valence-corrected chi connectivity index (χ4v) is 0.485. The Hall–Kier alpha value is -1.03. The first-order chi connectivity index (χ1) is 5.66. The van der Waals surface area contributed by atoms with Crippen LogP contribution in [0.5, 0.6) is 0 Å². The number of carbonyl (C=O) groups excluding carboxylic acids is 1. The zero-order valence-electron chi connectivity index (χ0n) is 7.32. The summed E-state index contributed by atoms with van der Waals surface area (Å²) in [6.07, 6.45) is 2.18. The summed E-state index contributed by atoms with van der Waals surface area (Å²) in [5.74, 6) is 0. The topological polar surface area (TPSA) is 55.8 Å². The summed E-state index contributed by atoms with van der Waals surface area (Å²) >= 11 is 0. The Morgan fingerprint density at radius 1 is 1.50 bits per heavy atom. The molecule has 0 unspecified atom stereocenters. The maximum atomic E-state index is 10.7. The molecule has 0 saturated heterocycles. The molecule has 0 aliphatic carbocycles. The predicted molar refractivity (Wildman–Crippen MR) is 43.8 cm³/mol. The predicted octanol–water partition coefficient (Wildman–Crippen LogP) is 1.10. The van der Waals surface area contributed by atoms with E-state index in [2.05, 4.69) is 9.47 Å². The van der Waals surface area contributed by atoms with Gasteiger partial charge in [-0.15, -0.1) is 0 Å². The van der Waals surface area contributed by atoms with Crippen LogP contribution in [0.3, 0.4) is 0 Å². The Labute approximate surface area is 71.8 Å². The maximum absolute atomic E-state index is 10.7. The summed E-state index contributed by atoms with van der Waals surface area (Å²) in [4.78, 5) is 10.7. The first kappa shape index (κ1) is 11.0. The summed E-state index contributed by atoms with van der Waals surface area (Å²) in [5, 5.41) is 8.32. The number of ether oxygens (including phenoxy) is 2. The van der Waals surface area contributed by atoms with Crippen LogP contribution in [-0.2, 0) is 9.47 Å². The molecule has 0 aromatic rings. The van der Waals surface area contributed by atoms with Gasteiger partial charge < -0.3 is 14.6 Å². The quantitative estimate of drug-likeness (QED) is 0.512. The van der Waals surface area contributed by atoms with Crippen molar-refractivity contribution >= 4 is 6.16 Å². The zero-order valence-corrected chi connectivity index (χ0v) is 7.32. The van der Waals surface area contributed by atoms with Crippen molar-refractivity contribution < 1.29 is 19.4 Å². The van der Waals surface area contributed by atoms with Crippen LogP contribution < -0.4 is 0 Å². The summed E-state index contributed by atoms with van der Waals surface area (Å²) in [6.45, 7) is 3.56. The summed E-state index contributed by atoms with van der Waals surface area (Å²) in [7, 11) is 0. The lowest BCUT2D eigenvalue weighted by Gasteiger charge is -2.06. The van der Waals surface area contributed by atoms with Gasteiger partial charge in [0, 0.05) is 0 Å². The molecule has 0 aromatic heterocycles. The van der Waals surface area contributed by atoms with Gasteiger partial charge in [-0.2, -0.15) is 0 Å². The van der Waals surface area contributed by atoms with Crippen LogP contribution in [0, 0.1) is 0 Å². The molecule has 0 saturated carbocycles. The monoisotopic (exact) mass is 174 g/mol. The Kier molecular flexibility index (Phi) is 6.09. The van der Waals surface area contributed by atoms with Gasteiger partial charge in [-0.25, -0.2) is 4.79 Å². The molecule has 0 aliphatic rings. The van der Waals surface area contributed by atoms with Crippen LogP contribution in [0.25, 0.3) is 0 Å². The maximum Gasteiger partial charge on any atom is 0.508 e. The van der Waals surface area contributed by atoms with E-state index in [9.17, 15) is 4.79 Å². The normalized spacial score (nSPS) is 10.7. The highest BCUT2D eigenvalue weighted by Gasteiger charge is 2.03. The van der Waals surface area contributed by atoms with E-state index in [0.717, 1.165) is 0 Å². The van der Waals surface area contributed by atoms with Crippen molar-refractivity contribution in [3.8, 4) is 0 Å². The van der Waals surface area contributed by atoms with Crippen molar-refractivity contribution in [2.24, 2.45) is 0 Å². The first-order valence-corrected chi connectivity index (χ1v) is 3.76. The van der Waals surface area contributed by atoms with Crippen molar-refractivity contribution in [2.45, 2.75) is 20.0 Å². The molecule has 0 spiro atoms. The minimum absolute atomic E-state index is 0.0530. The van der Waals surface area contributed by atoms with Crippen LogP contribution >= 0.6 is 0 Å². The highest BCUT2D eigenvalue weighted by atomic mass is 16.7. The molecule has 0 rings (SSSR count). The molecule has 0 atom stereocenters. The molecule has 0 radical (unpaired) electrons. The fraction of sp³-hybridized carbons (Fsp3) is 0.625. The minimum Gasteiger partial charge on any atom is -0.432 e. The fourth-order valence-electron chi connectivity index (χ4n) is 0.485. The van der Waals surface area contributed by atoms with Crippen LogP contribution in [0.1, 0.15) is 13.8 Å². The van der Waals surface area contributed by atoms with Crippen LogP contribution in [0.2, 0.25) is 0 Å². The molecule has 0 fully saturated rings. The molecular formula is C8H14O4. The largest absolute Gasteiger partial charge is 0.508 e. The van der Waals surface area contributed by atoms with Gasteiger partial charge in [-0.1, -0.05) is 6.08 Å². The number of carbonyl (C=O) groups is 1. The van der Waals surface area contributed by atoms with Gasteiger partial charge in [-0.05, 0) is 19.9 Å². The highest BCUT2D eigenvalue weighted by Crippen LogP contribution is 1.92. The van der Waals surface area contributed by atoms with E-state index in [1.54, 1.807) is 19.9 Å². The Morgan fingerprint density at radius 3 is 2.67 bits per heavy atom. The minimum atomic E-state index is -0.687. The molecule has 0 aromatic carbocycles. The Bertz CT molecular complexity index is 151. The number of rotatable bonds is 4. The van der Waals surface area contributed by atoms with Gasteiger partial charge in [0.2, 0.25) is 0 Å². The smallest absolute Gasteiger partial charge is 0.432 e. The third-order valence-corrected chi connectivity index (χ3v) is 0.901. The second kappa shape index (κ2) is 6.67. The van der Waals surface area contributed by atoms with Gasteiger partial charge in [-0.3, -0.25) is 0 Å². The molecule has 4 heteroatoms. The molecular weight excluding hydrogens is 160 g/mol. The molecule has 70 valence electrons. The SMILES string of the molecule is CC(C)OC(=O)OC/C=C/CO. The number of hydrogen-bond acceptors (Lipinski definition) is 4. The van der Waals surface area contributed by atoms with E-state index in [1.807, 2.05) is 0 Å². The lowest BCUT2D eigenvalue weighted by Crippen LogP contribution is -2.12. The van der Waals surface area contributed by atoms with E-state index >= 15 is 0 Å². The first-order valence-electron chi connectivity index (χ1n) is 3.76. The molecule has 0 aliphatic heterocycles. The van der Waals surface area contributed by atoms with Crippen molar-refractivity contribution in [2.75, 3.05) is 13.2 Å². The van der Waals surface area contributed by atoms with Gasteiger partial charge in [0.1, 0.15) is 6.61 Å². The third-order valence-electron chi connectivity index (χ3n) is 0.901. The van der Waals surface area contributed by atoms with E-state index in [-0.39, 0.29) is 19.3 Å². The van der Waals surface area contributed by atoms with E-state index in [0.29, 0.717) is 0 Å². The van der Waals surface area contributed by atoms with Crippen LogP contribution in [0.4, 0.5) is 4.79 Å². The summed E-state index contributed by atoms with van der Waals surface area (Å²) < 4.78 is 9.27. The van der Waals surface area contributed by atoms with Crippen LogP contribution in [-0.4, -0.2) is 30.6 Å². The number of aliphatic hydroxyl groups is 1. The van der Waals surface area contributed by atoms with Crippen LogP contribution in [0.15, 0.2) is 12.2 Å². The molecule has 12 heavy (non-hydrogen) atoms. The average molecular weight is 174 g/mol. The van der Waals surface area contributed by atoms with Crippen molar-refractivity contribution in [3.63, 3.8) is 0 Å². The number of hydrogen-bond donors (Lipinski definition) is 1. The van der Waals surface area contributed by atoms with Gasteiger partial charge in [0.15, 0.2) is 0 Å². The summed E-state index contributed by atoms with van der Waals surface area (Å²) in [5.41, 5.74) is 0. The molecule has 0 bridgehead atoms. The summed E-state index contributed by atoms with van der Waals surface area (Å²) in [6, 6.07) is 0. The second-order valence-corrected chi connectivity index (χ2v) is 2.38. The Morgan fingerprint density at radius 2 is 2.17 bits per heavy atom. The van der Waals surface area contributed by atoms with Crippen molar-refractivity contribution in [1.82, 2.24) is 0 Å². The lowest BCUT2D eigenvalue weighted by atomic mass is 10.5. The van der Waals surface area contributed by atoms with Gasteiger partial charge in [0.25, 0.3) is 0 Å². The lowest BCUT2D eigenvalue weighted by molar-refractivity contribution is 0.0413. The van der Waals surface area contributed by atoms with E-state index in [4.69, 9.17) is 5.11 Å².